The summed E-state index contributed by atoms with van der Waals surface area (Å²) >= 11 is 0. The number of rotatable bonds is 6. The molecule has 0 fully saturated rings. The molecule has 0 saturated carbocycles. The van der Waals surface area contributed by atoms with E-state index in [1.165, 1.54) is 42.5 Å². The van der Waals surface area contributed by atoms with Crippen molar-refractivity contribution >= 4 is 5.97 Å². The molecule has 2 aromatic carbocycles. The van der Waals surface area contributed by atoms with E-state index >= 15 is 0 Å². The molecule has 0 aliphatic carbocycles. The van der Waals surface area contributed by atoms with Gasteiger partial charge in [0.05, 0.1) is 5.56 Å². The summed E-state index contributed by atoms with van der Waals surface area (Å²) in [4.78, 5) is 20.6. The maximum atomic E-state index is 12.5. The van der Waals surface area contributed by atoms with E-state index in [0.717, 1.165) is 12.1 Å². The zero-order valence-corrected chi connectivity index (χ0v) is 13.2. The highest BCUT2D eigenvalue weighted by Crippen LogP contribution is 2.31. The van der Waals surface area contributed by atoms with Crippen LogP contribution in [0.5, 0.6) is 17.2 Å². The molecule has 0 aliphatic rings. The molecule has 0 unspecified atom stereocenters. The van der Waals surface area contributed by atoms with E-state index in [4.69, 9.17) is 9.62 Å². The number of ether oxygens (including phenoxy) is 1. The fourth-order valence-electron chi connectivity index (χ4n) is 1.74. The molecule has 0 atom stereocenters. The second-order valence-corrected chi connectivity index (χ2v) is 4.89. The molecule has 0 N–H and O–H groups in total. The molecule has 2 rings (SSSR count). The first kappa shape index (κ1) is 18.4. The molecule has 0 heterocycles. The Morgan fingerprint density at radius 2 is 1.48 bits per heavy atom. The Morgan fingerprint density at radius 3 is 2.00 bits per heavy atom. The summed E-state index contributed by atoms with van der Waals surface area (Å²) < 4.78 is 42.9. The second kappa shape index (κ2) is 8.23. The van der Waals surface area contributed by atoms with Gasteiger partial charge in [-0.2, -0.15) is 13.2 Å². The molecule has 0 aromatic heterocycles. The summed E-state index contributed by atoms with van der Waals surface area (Å²) in [6.07, 6.45) is -0.804. The van der Waals surface area contributed by atoms with E-state index in [9.17, 15) is 18.0 Å². The fraction of sp³-hybridized carbons (Fsp3) is 0.167. The summed E-state index contributed by atoms with van der Waals surface area (Å²) in [7, 11) is 0. The van der Waals surface area contributed by atoms with Crippen molar-refractivity contribution in [3.63, 3.8) is 0 Å². The standard InChI is InChI=1S/C18H15F3O4/c1-2-3-4-17(22)25-24-16-11-9-15(10-12-16)23-14-7-5-13(6-8-14)18(19,20)21/h3-12H,2H2,1H3. The first-order chi connectivity index (χ1) is 11.9. The van der Waals surface area contributed by atoms with Crippen molar-refractivity contribution < 1.29 is 32.5 Å². The summed E-state index contributed by atoms with van der Waals surface area (Å²) in [5.41, 5.74) is -0.748. The number of carbonyl (C=O) groups is 1. The monoisotopic (exact) mass is 352 g/mol. The number of allylic oxidation sites excluding steroid dienone is 1. The van der Waals surface area contributed by atoms with E-state index in [1.807, 2.05) is 6.92 Å². The first-order valence-electron chi connectivity index (χ1n) is 7.38. The zero-order valence-electron chi connectivity index (χ0n) is 13.2. The third-order valence-electron chi connectivity index (χ3n) is 2.95. The average Bonchev–Trinajstić information content (AvgIpc) is 2.59. The van der Waals surface area contributed by atoms with Crippen molar-refractivity contribution in [2.75, 3.05) is 0 Å². The summed E-state index contributed by atoms with van der Waals surface area (Å²) in [6, 6.07) is 10.4. The van der Waals surface area contributed by atoms with Gasteiger partial charge in [-0.25, -0.2) is 9.68 Å². The molecule has 0 spiro atoms. The molecule has 132 valence electrons. The van der Waals surface area contributed by atoms with Gasteiger partial charge in [-0.15, -0.1) is 0 Å². The van der Waals surface area contributed by atoms with Crippen LogP contribution < -0.4 is 9.62 Å². The fourth-order valence-corrected chi connectivity index (χ4v) is 1.74. The van der Waals surface area contributed by atoms with Gasteiger partial charge in [0.1, 0.15) is 11.5 Å². The Balaban J connectivity index is 1.92. The predicted octanol–water partition coefficient (Wildman–Crippen LogP) is 5.30. The first-order valence-corrected chi connectivity index (χ1v) is 7.38. The minimum atomic E-state index is -4.39. The molecule has 0 saturated heterocycles. The molecule has 7 heteroatoms. The molecule has 0 aliphatic heterocycles. The molecule has 4 nitrogen and oxygen atoms in total. The molecular weight excluding hydrogens is 337 g/mol. The van der Waals surface area contributed by atoms with Crippen LogP contribution in [0.4, 0.5) is 13.2 Å². The van der Waals surface area contributed by atoms with Crippen LogP contribution in [0.1, 0.15) is 18.9 Å². The Bertz CT molecular complexity index is 719. The Morgan fingerprint density at radius 1 is 0.960 bits per heavy atom. The van der Waals surface area contributed by atoms with E-state index < -0.39 is 17.7 Å². The lowest BCUT2D eigenvalue weighted by molar-refractivity contribution is -0.207. The third kappa shape index (κ3) is 5.87. The van der Waals surface area contributed by atoms with Crippen LogP contribution >= 0.6 is 0 Å². The largest absolute Gasteiger partial charge is 0.457 e. The van der Waals surface area contributed by atoms with Gasteiger partial charge >= 0.3 is 12.1 Å². The van der Waals surface area contributed by atoms with Gasteiger partial charge in [-0.05, 0) is 55.0 Å². The number of hydrogen-bond acceptors (Lipinski definition) is 4. The minimum absolute atomic E-state index is 0.262. The smallest absolute Gasteiger partial charge is 0.416 e. The van der Waals surface area contributed by atoms with Crippen molar-refractivity contribution in [2.45, 2.75) is 19.5 Å². The second-order valence-electron chi connectivity index (χ2n) is 4.89. The summed E-state index contributed by atoms with van der Waals surface area (Å²) in [6.45, 7) is 1.88. The third-order valence-corrected chi connectivity index (χ3v) is 2.95. The van der Waals surface area contributed by atoms with Crippen LogP contribution in [-0.4, -0.2) is 5.97 Å². The molecule has 0 amide bonds. The molecule has 0 bridgehead atoms. The van der Waals surface area contributed by atoms with Gasteiger partial charge in [0.25, 0.3) is 0 Å². The predicted molar refractivity (Wildman–Crippen MR) is 84.1 cm³/mol. The maximum Gasteiger partial charge on any atom is 0.416 e. The number of benzene rings is 2. The average molecular weight is 352 g/mol. The van der Waals surface area contributed by atoms with Crippen LogP contribution in [0.25, 0.3) is 0 Å². The Kier molecular flexibility index (Phi) is 6.05. The van der Waals surface area contributed by atoms with Gasteiger partial charge in [0.15, 0.2) is 5.75 Å². The lowest BCUT2D eigenvalue weighted by atomic mass is 10.2. The number of hydrogen-bond donors (Lipinski definition) is 0. The number of halogens is 3. The van der Waals surface area contributed by atoms with Crippen LogP contribution in [0.15, 0.2) is 60.7 Å². The summed E-state index contributed by atoms with van der Waals surface area (Å²) in [5, 5.41) is 0. The van der Waals surface area contributed by atoms with Gasteiger partial charge in [0.2, 0.25) is 0 Å². The lowest BCUT2D eigenvalue weighted by Gasteiger charge is -2.09. The maximum absolute atomic E-state index is 12.5. The molecule has 0 radical (unpaired) electrons. The van der Waals surface area contributed by atoms with Gasteiger partial charge in [0, 0.05) is 6.08 Å². The van der Waals surface area contributed by atoms with Gasteiger partial charge in [-0.3, -0.25) is 4.89 Å². The number of carbonyl (C=O) groups excluding carboxylic acids is 1. The van der Waals surface area contributed by atoms with Crippen LogP contribution in [0.3, 0.4) is 0 Å². The van der Waals surface area contributed by atoms with Crippen molar-refractivity contribution in [3.05, 3.63) is 66.2 Å². The van der Waals surface area contributed by atoms with Crippen molar-refractivity contribution in [2.24, 2.45) is 0 Å². The van der Waals surface area contributed by atoms with Gasteiger partial charge in [-0.1, -0.05) is 13.0 Å². The van der Waals surface area contributed by atoms with Crippen molar-refractivity contribution in [1.82, 2.24) is 0 Å². The number of alkyl halides is 3. The van der Waals surface area contributed by atoms with Crippen LogP contribution in [0.2, 0.25) is 0 Å². The van der Waals surface area contributed by atoms with E-state index in [1.54, 1.807) is 6.08 Å². The molecule has 25 heavy (non-hydrogen) atoms. The quantitative estimate of drug-likeness (QED) is 0.402. The van der Waals surface area contributed by atoms with Crippen molar-refractivity contribution in [3.8, 4) is 17.2 Å². The highest BCUT2D eigenvalue weighted by Gasteiger charge is 2.30. The topological polar surface area (TPSA) is 44.8 Å². The summed E-state index contributed by atoms with van der Waals surface area (Å²) in [5.74, 6) is 0.298. The van der Waals surface area contributed by atoms with Crippen LogP contribution in [-0.2, 0) is 15.9 Å². The molecule has 2 aromatic rings. The zero-order chi connectivity index (χ0) is 18.3. The van der Waals surface area contributed by atoms with E-state index in [2.05, 4.69) is 4.89 Å². The van der Waals surface area contributed by atoms with Crippen molar-refractivity contribution in [1.29, 1.82) is 0 Å². The Labute approximate surface area is 142 Å². The highest BCUT2D eigenvalue weighted by atomic mass is 19.4. The minimum Gasteiger partial charge on any atom is -0.457 e. The lowest BCUT2D eigenvalue weighted by Crippen LogP contribution is -2.04. The Hall–Kier alpha value is -2.96. The van der Waals surface area contributed by atoms with Gasteiger partial charge < -0.3 is 4.74 Å². The molecular formula is C18H15F3O4. The normalized spacial score (nSPS) is 11.4. The highest BCUT2D eigenvalue weighted by molar-refractivity contribution is 5.81. The van der Waals surface area contributed by atoms with E-state index in [0.29, 0.717) is 12.2 Å². The van der Waals surface area contributed by atoms with E-state index in [-0.39, 0.29) is 11.5 Å². The SMILES string of the molecule is CCC=CC(=O)OOc1ccc(Oc2ccc(C(F)(F)F)cc2)cc1. The van der Waals surface area contributed by atoms with Crippen LogP contribution in [0, 0.1) is 0 Å².